The minimum atomic E-state index is 0.527. The largest absolute Gasteiger partial charge is 0.398 e. The van der Waals surface area contributed by atoms with Crippen LogP contribution >= 0.6 is 0 Å². The van der Waals surface area contributed by atoms with Crippen molar-refractivity contribution in [2.75, 3.05) is 0 Å². The van der Waals surface area contributed by atoms with E-state index >= 15 is 0 Å². The summed E-state index contributed by atoms with van der Waals surface area (Å²) in [5.41, 5.74) is 16.2. The Morgan fingerprint density at radius 1 is 0.957 bits per heavy atom. The normalized spacial score (nSPS) is 13.7. The van der Waals surface area contributed by atoms with Gasteiger partial charge in [0.2, 0.25) is 0 Å². The zero-order valence-electron chi connectivity index (χ0n) is 26.9. The molecule has 4 heteroatoms. The Morgan fingerprint density at radius 3 is 2.43 bits per heavy atom. The fraction of sp³-hybridized carbons (Fsp3) is 0.143. The number of rotatable bonds is 12. The lowest BCUT2D eigenvalue weighted by molar-refractivity contribution is 0.698. The number of fused-ring (bicyclic) bond motifs is 3. The number of hydrogen-bond acceptors (Lipinski definition) is 3. The van der Waals surface area contributed by atoms with Crippen LogP contribution in [0.3, 0.4) is 0 Å². The zero-order valence-corrected chi connectivity index (χ0v) is 26.9. The number of nitrogens with zero attached hydrogens (tertiary/aromatic N) is 2. The number of aromatic nitrogens is 2. The molecule has 0 saturated carbocycles. The van der Waals surface area contributed by atoms with E-state index in [2.05, 4.69) is 141 Å². The van der Waals surface area contributed by atoms with Crippen LogP contribution in [0.2, 0.25) is 0 Å². The molecule has 0 aliphatic rings. The molecule has 2 aromatic heterocycles. The lowest BCUT2D eigenvalue weighted by Crippen LogP contribution is -1.98. The van der Waals surface area contributed by atoms with Gasteiger partial charge in [0, 0.05) is 33.9 Å². The second-order valence-electron chi connectivity index (χ2n) is 11.4. The van der Waals surface area contributed by atoms with Crippen LogP contribution in [0.5, 0.6) is 0 Å². The van der Waals surface area contributed by atoms with E-state index in [1.807, 2.05) is 12.2 Å². The number of allylic oxidation sites excluding steroid dienone is 9. The van der Waals surface area contributed by atoms with E-state index in [4.69, 9.17) is 16.1 Å². The highest BCUT2D eigenvalue weighted by Gasteiger charge is 2.15. The highest BCUT2D eigenvalue weighted by Crippen LogP contribution is 2.35. The molecule has 0 amide bonds. The van der Waals surface area contributed by atoms with Crippen LogP contribution in [-0.4, -0.2) is 15.8 Å². The van der Waals surface area contributed by atoms with Gasteiger partial charge in [-0.25, -0.2) is 4.98 Å². The molecule has 0 radical (unpaired) electrons. The third kappa shape index (κ3) is 7.08. The number of nitrogens with two attached hydrogens (primary N) is 1. The van der Waals surface area contributed by atoms with Gasteiger partial charge in [-0.15, -0.1) is 0 Å². The van der Waals surface area contributed by atoms with Gasteiger partial charge in [-0.1, -0.05) is 112 Å². The molecule has 1 atom stereocenters. The maximum atomic E-state index is 7.30. The fourth-order valence-corrected chi connectivity index (χ4v) is 5.54. The minimum absolute atomic E-state index is 0.527. The number of para-hydroxylation sites is 1. The molecule has 5 aromatic rings. The van der Waals surface area contributed by atoms with Gasteiger partial charge in [0.1, 0.15) is 0 Å². The number of nitrogens with one attached hydrogen (secondary N) is 1. The second kappa shape index (κ2) is 15.0. The second-order valence-corrected chi connectivity index (χ2v) is 11.4. The summed E-state index contributed by atoms with van der Waals surface area (Å²) in [5.74, 6) is 0.527. The SMILES string of the molecule is C=CC(=C\C=N)/C(N)=C/C=C\Cc1ccc2c3ccc(-c4cccc(C(/C=C\C(C)CC)=C/C)n4)cc3n(-c3ccccc3)c2c1. The molecular formula is C42H42N4. The summed E-state index contributed by atoms with van der Waals surface area (Å²) in [6.45, 7) is 10.3. The number of hydrogen-bond donors (Lipinski definition) is 2. The highest BCUT2D eigenvalue weighted by molar-refractivity contribution is 6.10. The summed E-state index contributed by atoms with van der Waals surface area (Å²) in [7, 11) is 0. The van der Waals surface area contributed by atoms with E-state index in [-0.39, 0.29) is 0 Å². The molecule has 3 N–H and O–H groups in total. The van der Waals surface area contributed by atoms with Gasteiger partial charge in [0.15, 0.2) is 0 Å². The maximum Gasteiger partial charge on any atom is 0.0710 e. The van der Waals surface area contributed by atoms with E-state index in [1.165, 1.54) is 22.6 Å². The Morgan fingerprint density at radius 2 is 1.72 bits per heavy atom. The fourth-order valence-electron chi connectivity index (χ4n) is 5.54. The summed E-state index contributed by atoms with van der Waals surface area (Å²) < 4.78 is 2.36. The van der Waals surface area contributed by atoms with Crippen LogP contribution < -0.4 is 5.73 Å². The van der Waals surface area contributed by atoms with Gasteiger partial charge in [-0.2, -0.15) is 0 Å². The third-order valence-electron chi connectivity index (χ3n) is 8.33. The standard InChI is InChI=1S/C42H42N4/c1-5-30(4)20-22-33(7-3)39-18-13-19-40(45-39)34-23-25-37-36-24-21-31(14-11-12-17-38(44)32(6-2)26-27-43)28-41(36)46(42(37)29-34)35-15-9-8-10-16-35/h6-13,15-30,43H,2,5,14,44H2,1,3-4H3/b12-11-,22-20-,32-26+,33-7+,38-17-,43-27?. The maximum absolute atomic E-state index is 7.30. The Labute approximate surface area is 272 Å². The van der Waals surface area contributed by atoms with Gasteiger partial charge in [-0.3, -0.25) is 0 Å². The van der Waals surface area contributed by atoms with Crippen LogP contribution in [0.15, 0.2) is 151 Å². The molecule has 0 bridgehead atoms. The lowest BCUT2D eigenvalue weighted by Gasteiger charge is -2.10. The van der Waals surface area contributed by atoms with Crippen LogP contribution in [0.1, 0.15) is 38.4 Å². The molecule has 0 aliphatic heterocycles. The molecule has 2 heterocycles. The lowest BCUT2D eigenvalue weighted by atomic mass is 10.0. The van der Waals surface area contributed by atoms with Crippen LogP contribution in [-0.2, 0) is 6.42 Å². The van der Waals surface area contributed by atoms with E-state index in [9.17, 15) is 0 Å². The Hall–Kier alpha value is -5.48. The van der Waals surface area contributed by atoms with Crippen molar-refractivity contribution >= 4 is 33.6 Å². The van der Waals surface area contributed by atoms with Crippen molar-refractivity contribution in [1.82, 2.24) is 9.55 Å². The van der Waals surface area contributed by atoms with Gasteiger partial charge in [0.05, 0.1) is 22.4 Å². The average molecular weight is 603 g/mol. The molecule has 3 aromatic carbocycles. The van der Waals surface area contributed by atoms with E-state index in [1.54, 1.807) is 12.2 Å². The van der Waals surface area contributed by atoms with Crippen LogP contribution in [0.4, 0.5) is 0 Å². The molecule has 4 nitrogen and oxygen atoms in total. The molecule has 46 heavy (non-hydrogen) atoms. The topological polar surface area (TPSA) is 67.7 Å². The minimum Gasteiger partial charge on any atom is -0.398 e. The molecular weight excluding hydrogens is 560 g/mol. The summed E-state index contributed by atoms with van der Waals surface area (Å²) in [6, 6.07) is 30.2. The Balaban J connectivity index is 1.56. The molecule has 0 saturated heterocycles. The summed E-state index contributed by atoms with van der Waals surface area (Å²) in [5, 5.41) is 9.72. The van der Waals surface area contributed by atoms with Crippen molar-refractivity contribution < 1.29 is 0 Å². The summed E-state index contributed by atoms with van der Waals surface area (Å²) in [6.07, 6.45) is 18.9. The Bertz CT molecular complexity index is 2020. The molecule has 0 fully saturated rings. The first-order valence-corrected chi connectivity index (χ1v) is 15.9. The van der Waals surface area contributed by atoms with Crippen LogP contribution in [0.25, 0.3) is 44.3 Å². The third-order valence-corrected chi connectivity index (χ3v) is 8.33. The van der Waals surface area contributed by atoms with Crippen molar-refractivity contribution in [2.45, 2.75) is 33.6 Å². The van der Waals surface area contributed by atoms with E-state index in [0.717, 1.165) is 57.7 Å². The van der Waals surface area contributed by atoms with Crippen molar-refractivity contribution in [3.63, 3.8) is 0 Å². The average Bonchev–Trinajstić information content (AvgIpc) is 3.42. The molecule has 1 unspecified atom stereocenters. The molecule has 0 spiro atoms. The van der Waals surface area contributed by atoms with Gasteiger partial charge < -0.3 is 15.7 Å². The first-order valence-electron chi connectivity index (χ1n) is 15.9. The number of benzene rings is 3. The first kappa shape index (κ1) is 31.9. The monoisotopic (exact) mass is 602 g/mol. The zero-order chi connectivity index (χ0) is 32.5. The predicted octanol–water partition coefficient (Wildman–Crippen LogP) is 10.6. The quantitative estimate of drug-likeness (QED) is 0.110. The predicted molar refractivity (Wildman–Crippen MR) is 198 cm³/mol. The summed E-state index contributed by atoms with van der Waals surface area (Å²) in [4.78, 5) is 5.11. The van der Waals surface area contributed by atoms with Gasteiger partial charge >= 0.3 is 0 Å². The van der Waals surface area contributed by atoms with Crippen LogP contribution in [0, 0.1) is 11.3 Å². The van der Waals surface area contributed by atoms with Crippen molar-refractivity contribution in [2.24, 2.45) is 11.7 Å². The van der Waals surface area contributed by atoms with E-state index in [0.29, 0.717) is 11.6 Å². The van der Waals surface area contributed by atoms with Crippen molar-refractivity contribution in [3.8, 4) is 16.9 Å². The molecule has 230 valence electrons. The van der Waals surface area contributed by atoms with Crippen molar-refractivity contribution in [3.05, 3.63) is 163 Å². The van der Waals surface area contributed by atoms with Crippen molar-refractivity contribution in [1.29, 1.82) is 5.41 Å². The van der Waals surface area contributed by atoms with Gasteiger partial charge in [-0.05, 0) is 84.5 Å². The first-order chi connectivity index (χ1) is 22.5. The Kier molecular flexibility index (Phi) is 10.4. The molecule has 0 aliphatic carbocycles. The van der Waals surface area contributed by atoms with E-state index < -0.39 is 0 Å². The van der Waals surface area contributed by atoms with Gasteiger partial charge in [0.25, 0.3) is 0 Å². The number of pyridine rings is 1. The summed E-state index contributed by atoms with van der Waals surface area (Å²) >= 11 is 0. The highest BCUT2D eigenvalue weighted by atomic mass is 15.0. The smallest absolute Gasteiger partial charge is 0.0710 e. The molecule has 5 rings (SSSR count).